The molecule has 0 unspecified atom stereocenters. The number of piperidine rings is 1. The highest BCUT2D eigenvalue weighted by Gasteiger charge is 2.35. The molecule has 1 fully saturated rings. The van der Waals surface area contributed by atoms with Crippen LogP contribution in [0.4, 0.5) is 5.00 Å². The van der Waals surface area contributed by atoms with Crippen molar-refractivity contribution in [3.63, 3.8) is 0 Å². The third-order valence-electron chi connectivity index (χ3n) is 4.28. The summed E-state index contributed by atoms with van der Waals surface area (Å²) >= 11 is 0.840. The lowest BCUT2D eigenvalue weighted by Crippen LogP contribution is -2.50. The maximum absolute atomic E-state index is 12.7. The highest BCUT2D eigenvalue weighted by Crippen LogP contribution is 2.31. The van der Waals surface area contributed by atoms with Crippen molar-refractivity contribution in [2.75, 3.05) is 26.7 Å². The molecule has 0 saturated carbocycles. The van der Waals surface area contributed by atoms with Crippen LogP contribution in [0.2, 0.25) is 0 Å². The Labute approximate surface area is 134 Å². The molecule has 0 aliphatic carbocycles. The lowest BCUT2D eigenvalue weighted by atomic mass is 9.94. The normalized spacial score (nSPS) is 23.8. The van der Waals surface area contributed by atoms with Gasteiger partial charge in [-0.25, -0.2) is 8.42 Å². The highest BCUT2D eigenvalue weighted by atomic mass is 32.2. The van der Waals surface area contributed by atoms with Gasteiger partial charge in [0.05, 0.1) is 4.92 Å². The molecule has 1 saturated heterocycles. The molecular formula is C13H21N3O4S2. The number of nitro groups is 1. The van der Waals surface area contributed by atoms with E-state index in [2.05, 4.69) is 18.7 Å². The summed E-state index contributed by atoms with van der Waals surface area (Å²) in [6, 6.07) is 1.06. The fourth-order valence-corrected chi connectivity index (χ4v) is 5.48. The van der Waals surface area contributed by atoms with Crippen LogP contribution in [-0.4, -0.2) is 55.3 Å². The van der Waals surface area contributed by atoms with Gasteiger partial charge >= 0.3 is 5.00 Å². The van der Waals surface area contributed by atoms with Crippen LogP contribution in [0, 0.1) is 16.0 Å². The van der Waals surface area contributed by atoms with E-state index in [1.54, 1.807) is 7.05 Å². The fourth-order valence-electron chi connectivity index (χ4n) is 2.93. The first kappa shape index (κ1) is 17.3. The Hall–Kier alpha value is -1.03. The zero-order chi connectivity index (χ0) is 16.5. The van der Waals surface area contributed by atoms with Crippen LogP contribution in [0.5, 0.6) is 0 Å². The molecule has 2 rings (SSSR count). The van der Waals surface area contributed by atoms with Crippen molar-refractivity contribution in [1.29, 1.82) is 0 Å². The largest absolute Gasteiger partial charge is 0.325 e. The van der Waals surface area contributed by atoms with Gasteiger partial charge in [0.2, 0.25) is 10.0 Å². The monoisotopic (exact) mass is 347 g/mol. The molecule has 0 aromatic carbocycles. The van der Waals surface area contributed by atoms with E-state index < -0.39 is 14.9 Å². The molecule has 22 heavy (non-hydrogen) atoms. The molecule has 1 aliphatic heterocycles. The van der Waals surface area contributed by atoms with Crippen LogP contribution in [0.15, 0.2) is 16.3 Å². The first-order valence-electron chi connectivity index (χ1n) is 7.20. The lowest BCUT2D eigenvalue weighted by Gasteiger charge is -2.40. The van der Waals surface area contributed by atoms with Crippen LogP contribution in [-0.2, 0) is 10.0 Å². The number of nitrogens with zero attached hydrogens (tertiary/aromatic N) is 3. The fraction of sp³-hybridized carbons (Fsp3) is 0.692. The van der Waals surface area contributed by atoms with Gasteiger partial charge < -0.3 is 4.90 Å². The summed E-state index contributed by atoms with van der Waals surface area (Å²) in [5.41, 5.74) is 0. The van der Waals surface area contributed by atoms with E-state index in [1.165, 1.54) is 9.69 Å². The summed E-state index contributed by atoms with van der Waals surface area (Å²) in [7, 11) is -2.12. The third-order valence-corrected chi connectivity index (χ3v) is 7.17. The van der Waals surface area contributed by atoms with E-state index in [1.807, 2.05) is 0 Å². The van der Waals surface area contributed by atoms with Crippen molar-refractivity contribution in [1.82, 2.24) is 9.21 Å². The van der Waals surface area contributed by atoms with Crippen LogP contribution < -0.4 is 0 Å². The average Bonchev–Trinajstić information content (AvgIpc) is 2.97. The summed E-state index contributed by atoms with van der Waals surface area (Å²) in [5, 5.41) is 11.9. The Kier molecular flexibility index (Phi) is 5.21. The molecule has 0 spiro atoms. The van der Waals surface area contributed by atoms with Crippen LogP contribution in [0.1, 0.15) is 20.3 Å². The quantitative estimate of drug-likeness (QED) is 0.601. The van der Waals surface area contributed by atoms with Crippen LogP contribution in [0.3, 0.4) is 0 Å². The van der Waals surface area contributed by atoms with Crippen LogP contribution >= 0.6 is 11.3 Å². The summed E-state index contributed by atoms with van der Waals surface area (Å²) in [4.78, 5) is 12.5. The van der Waals surface area contributed by atoms with Gasteiger partial charge in [-0.3, -0.25) is 10.1 Å². The van der Waals surface area contributed by atoms with Crippen molar-refractivity contribution in [3.05, 3.63) is 21.6 Å². The van der Waals surface area contributed by atoms with E-state index in [-0.39, 0.29) is 21.9 Å². The molecule has 2 atom stereocenters. The predicted molar refractivity (Wildman–Crippen MR) is 85.6 cm³/mol. The molecule has 1 aliphatic rings. The van der Waals surface area contributed by atoms with Gasteiger partial charge in [0.15, 0.2) is 0 Å². The molecule has 124 valence electrons. The number of likely N-dealkylation sites (tertiary alicyclic amines) is 1. The van der Waals surface area contributed by atoms with Gasteiger partial charge in [-0.05, 0) is 25.4 Å². The maximum atomic E-state index is 12.7. The molecule has 0 amide bonds. The first-order valence-corrected chi connectivity index (χ1v) is 9.52. The minimum atomic E-state index is -3.69. The molecule has 1 aromatic rings. The number of sulfonamides is 1. The highest BCUT2D eigenvalue weighted by molar-refractivity contribution is 7.89. The van der Waals surface area contributed by atoms with E-state index in [4.69, 9.17) is 0 Å². The smallest absolute Gasteiger partial charge is 0.303 e. The Bertz CT molecular complexity index is 643. The molecule has 0 radical (unpaired) electrons. The molecule has 2 heterocycles. The molecule has 1 aromatic heterocycles. The van der Waals surface area contributed by atoms with E-state index >= 15 is 0 Å². The zero-order valence-corrected chi connectivity index (χ0v) is 14.6. The molecular weight excluding hydrogens is 326 g/mol. The average molecular weight is 347 g/mol. The Balaban J connectivity index is 2.19. The Morgan fingerprint density at radius 2 is 2.23 bits per heavy atom. The Morgan fingerprint density at radius 1 is 1.55 bits per heavy atom. The number of hydrogen-bond donors (Lipinski definition) is 0. The predicted octanol–water partition coefficient (Wildman–Crippen LogP) is 2.01. The van der Waals surface area contributed by atoms with E-state index in [0.717, 1.165) is 43.5 Å². The second-order valence-corrected chi connectivity index (χ2v) is 8.51. The van der Waals surface area contributed by atoms with Gasteiger partial charge in [0.25, 0.3) is 0 Å². The molecule has 9 heteroatoms. The third kappa shape index (κ3) is 3.32. The SMILES string of the molecule is CCN1CC[C@H](N(C)S(=O)(=O)c2csc([N+](=O)[O-])c2)[C@H](C)C1. The van der Waals surface area contributed by atoms with Crippen molar-refractivity contribution in [2.45, 2.75) is 31.2 Å². The number of rotatable bonds is 5. The number of hydrogen-bond acceptors (Lipinski definition) is 6. The molecule has 0 N–H and O–H groups in total. The second kappa shape index (κ2) is 6.61. The van der Waals surface area contributed by atoms with Crippen LogP contribution in [0.25, 0.3) is 0 Å². The second-order valence-electron chi connectivity index (χ2n) is 5.63. The van der Waals surface area contributed by atoms with Gasteiger partial charge in [-0.2, -0.15) is 4.31 Å². The Morgan fingerprint density at radius 3 is 2.73 bits per heavy atom. The zero-order valence-electron chi connectivity index (χ0n) is 12.9. The van der Waals surface area contributed by atoms with Crippen molar-refractivity contribution >= 4 is 26.4 Å². The molecule has 0 bridgehead atoms. The number of thiophene rings is 1. The van der Waals surface area contributed by atoms with Crippen molar-refractivity contribution < 1.29 is 13.3 Å². The lowest BCUT2D eigenvalue weighted by molar-refractivity contribution is -0.380. The standard InChI is InChI=1S/C13H21N3O4S2/c1-4-15-6-5-12(10(2)8-15)14(3)22(19,20)11-7-13(16(17)18)21-9-11/h7,9-10,12H,4-6,8H2,1-3H3/t10-,12+/m1/s1. The summed E-state index contributed by atoms with van der Waals surface area (Å²) in [5.74, 6) is 0.224. The first-order chi connectivity index (χ1) is 10.3. The summed E-state index contributed by atoms with van der Waals surface area (Å²) < 4.78 is 26.7. The van der Waals surface area contributed by atoms with E-state index in [9.17, 15) is 18.5 Å². The van der Waals surface area contributed by atoms with Crippen molar-refractivity contribution in [2.24, 2.45) is 5.92 Å². The van der Waals surface area contributed by atoms with Crippen molar-refractivity contribution in [3.8, 4) is 0 Å². The minimum Gasteiger partial charge on any atom is -0.303 e. The summed E-state index contributed by atoms with van der Waals surface area (Å²) in [6.45, 7) is 6.84. The van der Waals surface area contributed by atoms with Gasteiger partial charge in [0.1, 0.15) is 4.90 Å². The summed E-state index contributed by atoms with van der Waals surface area (Å²) in [6.07, 6.45) is 0.775. The molecule has 7 nitrogen and oxygen atoms in total. The van der Waals surface area contributed by atoms with E-state index in [0.29, 0.717) is 0 Å². The van der Waals surface area contributed by atoms with Gasteiger partial charge in [0, 0.05) is 31.1 Å². The minimum absolute atomic E-state index is 0.0109. The van der Waals surface area contributed by atoms with Gasteiger partial charge in [-0.1, -0.05) is 25.2 Å². The maximum Gasteiger partial charge on any atom is 0.325 e. The topological polar surface area (TPSA) is 83.8 Å². The van der Waals surface area contributed by atoms with Gasteiger partial charge in [-0.15, -0.1) is 0 Å².